The van der Waals surface area contributed by atoms with E-state index in [0.717, 1.165) is 6.54 Å². The van der Waals surface area contributed by atoms with Crippen molar-refractivity contribution in [1.82, 2.24) is 10.2 Å². The maximum Gasteiger partial charge on any atom is 0.317 e. The van der Waals surface area contributed by atoms with Crippen LogP contribution in [0.2, 0.25) is 0 Å². The molecule has 2 unspecified atom stereocenters. The van der Waals surface area contributed by atoms with Gasteiger partial charge in [-0.1, -0.05) is 13.3 Å². The van der Waals surface area contributed by atoms with Gasteiger partial charge in [0, 0.05) is 19.5 Å². The van der Waals surface area contributed by atoms with Crippen molar-refractivity contribution in [2.75, 3.05) is 26.3 Å². The lowest BCUT2D eigenvalue weighted by atomic mass is 9.70. The summed E-state index contributed by atoms with van der Waals surface area (Å²) in [6.45, 7) is 4.48. The largest absolute Gasteiger partial charge is 0.467 e. The molecule has 1 aliphatic carbocycles. The van der Waals surface area contributed by atoms with Crippen molar-refractivity contribution in [3.63, 3.8) is 0 Å². The molecule has 1 saturated heterocycles. The second-order valence-electron chi connectivity index (χ2n) is 7.01. The molecule has 0 bridgehead atoms. The maximum atomic E-state index is 12.5. The van der Waals surface area contributed by atoms with Gasteiger partial charge < -0.3 is 24.5 Å². The molecule has 1 aliphatic heterocycles. The summed E-state index contributed by atoms with van der Waals surface area (Å²) in [6, 6.07) is 3.30. The molecular weight excluding hydrogens is 296 g/mol. The van der Waals surface area contributed by atoms with E-state index in [4.69, 9.17) is 9.15 Å². The number of rotatable bonds is 5. The van der Waals surface area contributed by atoms with E-state index in [-0.39, 0.29) is 17.5 Å². The van der Waals surface area contributed by atoms with E-state index < -0.39 is 6.10 Å². The Labute approximate surface area is 136 Å². The molecule has 3 rings (SSSR count). The van der Waals surface area contributed by atoms with E-state index in [1.54, 1.807) is 23.3 Å². The van der Waals surface area contributed by atoms with Crippen LogP contribution in [-0.4, -0.2) is 48.4 Å². The van der Waals surface area contributed by atoms with Crippen LogP contribution in [0.1, 0.15) is 44.5 Å². The Morgan fingerprint density at radius 1 is 1.57 bits per heavy atom. The van der Waals surface area contributed by atoms with Crippen LogP contribution in [0.5, 0.6) is 0 Å². The normalized spacial score (nSPS) is 24.8. The predicted octanol–water partition coefficient (Wildman–Crippen LogP) is 2.30. The highest BCUT2D eigenvalue weighted by atomic mass is 16.5. The Bertz CT molecular complexity index is 513. The van der Waals surface area contributed by atoms with Gasteiger partial charge in [0.05, 0.1) is 25.5 Å². The fourth-order valence-electron chi connectivity index (χ4n) is 3.32. The fraction of sp³-hybridized carbons (Fsp3) is 0.706. The van der Waals surface area contributed by atoms with E-state index >= 15 is 0 Å². The fourth-order valence-corrected chi connectivity index (χ4v) is 3.32. The van der Waals surface area contributed by atoms with Crippen molar-refractivity contribution in [3.8, 4) is 0 Å². The number of ether oxygens (including phenoxy) is 1. The first-order chi connectivity index (χ1) is 11.1. The number of hydrogen-bond acceptors (Lipinski definition) is 4. The van der Waals surface area contributed by atoms with Crippen LogP contribution in [0.3, 0.4) is 0 Å². The number of furan rings is 1. The van der Waals surface area contributed by atoms with Crippen LogP contribution < -0.4 is 5.32 Å². The Hall–Kier alpha value is -1.53. The number of aliphatic hydroxyl groups is 1. The molecule has 2 atom stereocenters. The van der Waals surface area contributed by atoms with E-state index in [0.29, 0.717) is 31.9 Å². The van der Waals surface area contributed by atoms with Crippen molar-refractivity contribution in [2.24, 2.45) is 5.41 Å². The van der Waals surface area contributed by atoms with E-state index in [2.05, 4.69) is 12.2 Å². The number of nitrogens with zero attached hydrogens (tertiary/aromatic N) is 1. The molecule has 1 aromatic heterocycles. The summed E-state index contributed by atoms with van der Waals surface area (Å²) in [5.74, 6) is 0.526. The highest BCUT2D eigenvalue weighted by Crippen LogP contribution is 2.39. The average molecular weight is 322 g/mol. The number of morpholine rings is 1. The SMILES string of the molecule is CC1(CNC(=O)N2CCOCC2CC(O)c2ccco2)CCC1. The summed E-state index contributed by atoms with van der Waals surface area (Å²) in [4.78, 5) is 14.3. The molecule has 2 N–H and O–H groups in total. The molecule has 1 aromatic rings. The van der Waals surface area contributed by atoms with Gasteiger partial charge in [0.15, 0.2) is 0 Å². The monoisotopic (exact) mass is 322 g/mol. The molecule has 2 fully saturated rings. The van der Waals surface area contributed by atoms with Gasteiger partial charge in [0.25, 0.3) is 0 Å². The van der Waals surface area contributed by atoms with Crippen LogP contribution >= 0.6 is 0 Å². The highest BCUT2D eigenvalue weighted by Gasteiger charge is 2.34. The van der Waals surface area contributed by atoms with Crippen molar-refractivity contribution < 1.29 is 19.1 Å². The zero-order chi connectivity index (χ0) is 16.3. The number of carbonyl (C=O) groups is 1. The van der Waals surface area contributed by atoms with Gasteiger partial charge in [-0.25, -0.2) is 4.79 Å². The Morgan fingerprint density at radius 3 is 3.04 bits per heavy atom. The second kappa shape index (κ2) is 6.93. The lowest BCUT2D eigenvalue weighted by Gasteiger charge is -2.40. The maximum absolute atomic E-state index is 12.5. The predicted molar refractivity (Wildman–Crippen MR) is 85.0 cm³/mol. The number of hydrogen-bond donors (Lipinski definition) is 2. The van der Waals surface area contributed by atoms with Gasteiger partial charge in [-0.15, -0.1) is 0 Å². The minimum Gasteiger partial charge on any atom is -0.467 e. The van der Waals surface area contributed by atoms with Gasteiger partial charge in [-0.05, 0) is 30.4 Å². The molecule has 2 heterocycles. The molecule has 6 nitrogen and oxygen atoms in total. The minimum atomic E-state index is -0.726. The van der Waals surface area contributed by atoms with Gasteiger partial charge >= 0.3 is 6.03 Å². The first-order valence-electron chi connectivity index (χ1n) is 8.41. The minimum absolute atomic E-state index is 0.0573. The third-order valence-corrected chi connectivity index (χ3v) is 5.08. The highest BCUT2D eigenvalue weighted by molar-refractivity contribution is 5.74. The standard InChI is InChI=1S/C17H26N2O4/c1-17(5-3-6-17)12-18-16(21)19-7-9-22-11-13(19)10-14(20)15-4-2-8-23-15/h2,4,8,13-14,20H,3,5-7,9-12H2,1H3,(H,18,21). The molecule has 0 radical (unpaired) electrons. The topological polar surface area (TPSA) is 74.9 Å². The van der Waals surface area contributed by atoms with Crippen LogP contribution in [-0.2, 0) is 4.74 Å². The van der Waals surface area contributed by atoms with Crippen LogP contribution in [0, 0.1) is 5.41 Å². The number of urea groups is 1. The number of nitrogens with one attached hydrogen (secondary N) is 1. The molecule has 23 heavy (non-hydrogen) atoms. The lowest BCUT2D eigenvalue weighted by Crippen LogP contribution is -2.54. The van der Waals surface area contributed by atoms with Crippen LogP contribution in [0.4, 0.5) is 4.79 Å². The number of carbonyl (C=O) groups excluding carboxylic acids is 1. The smallest absolute Gasteiger partial charge is 0.317 e. The quantitative estimate of drug-likeness (QED) is 0.872. The van der Waals surface area contributed by atoms with Gasteiger partial charge in [-0.2, -0.15) is 0 Å². The van der Waals surface area contributed by atoms with Gasteiger partial charge in [-0.3, -0.25) is 0 Å². The van der Waals surface area contributed by atoms with Crippen molar-refractivity contribution >= 4 is 6.03 Å². The average Bonchev–Trinajstić information content (AvgIpc) is 3.06. The summed E-state index contributed by atoms with van der Waals surface area (Å²) >= 11 is 0. The molecule has 0 aromatic carbocycles. The molecule has 0 spiro atoms. The molecule has 2 amide bonds. The summed E-state index contributed by atoms with van der Waals surface area (Å²) in [6.07, 6.45) is 4.84. The van der Waals surface area contributed by atoms with Crippen molar-refractivity contribution in [2.45, 2.75) is 44.8 Å². The van der Waals surface area contributed by atoms with Crippen LogP contribution in [0.15, 0.2) is 22.8 Å². The van der Waals surface area contributed by atoms with Gasteiger partial charge in [0.2, 0.25) is 0 Å². The number of amides is 2. The first kappa shape index (κ1) is 16.3. The lowest BCUT2D eigenvalue weighted by molar-refractivity contribution is -0.0105. The summed E-state index contributed by atoms with van der Waals surface area (Å²) < 4.78 is 10.7. The van der Waals surface area contributed by atoms with E-state index in [1.165, 1.54) is 19.3 Å². The summed E-state index contributed by atoms with van der Waals surface area (Å²) in [5.41, 5.74) is 0.255. The third-order valence-electron chi connectivity index (χ3n) is 5.08. The third kappa shape index (κ3) is 3.87. The van der Waals surface area contributed by atoms with E-state index in [9.17, 15) is 9.90 Å². The van der Waals surface area contributed by atoms with Crippen molar-refractivity contribution in [3.05, 3.63) is 24.2 Å². The Morgan fingerprint density at radius 2 is 2.39 bits per heavy atom. The summed E-state index contributed by atoms with van der Waals surface area (Å²) in [7, 11) is 0. The Kier molecular flexibility index (Phi) is 4.92. The molecule has 1 saturated carbocycles. The van der Waals surface area contributed by atoms with E-state index in [1.807, 2.05) is 0 Å². The Balaban J connectivity index is 1.55. The van der Waals surface area contributed by atoms with Crippen molar-refractivity contribution in [1.29, 1.82) is 0 Å². The number of aliphatic hydroxyl groups excluding tert-OH is 1. The zero-order valence-electron chi connectivity index (χ0n) is 13.7. The summed E-state index contributed by atoms with van der Waals surface area (Å²) in [5, 5.41) is 13.3. The molecule has 2 aliphatic rings. The second-order valence-corrected chi connectivity index (χ2v) is 7.01. The zero-order valence-corrected chi connectivity index (χ0v) is 13.7. The molecule has 128 valence electrons. The molecule has 6 heteroatoms. The van der Waals surface area contributed by atoms with Gasteiger partial charge in [0.1, 0.15) is 11.9 Å². The first-order valence-corrected chi connectivity index (χ1v) is 8.41. The molecular formula is C17H26N2O4. The van der Waals surface area contributed by atoms with Crippen LogP contribution in [0.25, 0.3) is 0 Å².